The number of hydrogen-bond donors (Lipinski definition) is 1. The molecule has 0 radical (unpaired) electrons. The first-order chi connectivity index (χ1) is 20.6. The zero-order valence-electron chi connectivity index (χ0n) is 22.9. The topological polar surface area (TPSA) is 90.4 Å². The third kappa shape index (κ3) is 7.96. The largest absolute Gasteiger partial charge is 0.462 e. The van der Waals surface area contributed by atoms with E-state index in [1.54, 1.807) is 26.0 Å². The van der Waals surface area contributed by atoms with Crippen molar-refractivity contribution in [1.29, 1.82) is 0 Å². The van der Waals surface area contributed by atoms with Gasteiger partial charge < -0.3 is 14.8 Å². The lowest BCUT2D eigenvalue weighted by atomic mass is 10.1. The van der Waals surface area contributed by atoms with Gasteiger partial charge in [0.15, 0.2) is 0 Å². The molecule has 0 bridgehead atoms. The first kappa shape index (κ1) is 33.0. The lowest BCUT2D eigenvalue weighted by Gasteiger charge is -2.14. The summed E-state index contributed by atoms with van der Waals surface area (Å²) < 4.78 is 11.8. The molecule has 43 heavy (non-hydrogen) atoms. The van der Waals surface area contributed by atoms with Crippen LogP contribution in [0.3, 0.4) is 0 Å². The van der Waals surface area contributed by atoms with Gasteiger partial charge in [-0.15, -0.1) is 0 Å². The second-order valence-corrected chi connectivity index (χ2v) is 11.8. The van der Waals surface area contributed by atoms with Crippen LogP contribution in [0.2, 0.25) is 15.2 Å². The van der Waals surface area contributed by atoms with Crippen LogP contribution in [0.15, 0.2) is 75.7 Å². The van der Waals surface area contributed by atoms with Gasteiger partial charge in [-0.2, -0.15) is 0 Å². The molecule has 0 aliphatic rings. The van der Waals surface area contributed by atoms with Crippen molar-refractivity contribution in [3.05, 3.63) is 108 Å². The Labute approximate surface area is 280 Å². The van der Waals surface area contributed by atoms with E-state index in [-0.39, 0.29) is 34.5 Å². The predicted octanol–water partition coefficient (Wildman–Crippen LogP) is 9.92. The number of ether oxygens (including phenoxy) is 2. The second kappa shape index (κ2) is 15.2. The zero-order chi connectivity index (χ0) is 31.1. The summed E-state index contributed by atoms with van der Waals surface area (Å²) in [7, 11) is 0. The fourth-order valence-electron chi connectivity index (χ4n) is 4.04. The Bertz CT molecular complexity index is 1810. The van der Waals surface area contributed by atoms with Crippen molar-refractivity contribution < 1.29 is 19.1 Å². The number of nitrogens with zero attached hydrogens (tertiary/aromatic N) is 2. The van der Waals surface area contributed by atoms with Gasteiger partial charge >= 0.3 is 11.9 Å². The van der Waals surface area contributed by atoms with Crippen molar-refractivity contribution in [2.75, 3.05) is 18.5 Å². The van der Waals surface area contributed by atoms with Crippen molar-refractivity contribution in [2.45, 2.75) is 20.4 Å². The number of benzene rings is 3. The number of anilines is 1. The van der Waals surface area contributed by atoms with Crippen LogP contribution in [0.5, 0.6) is 0 Å². The Morgan fingerprint density at radius 2 is 1.26 bits per heavy atom. The number of carbonyl (C=O) groups excluding carboxylic acids is 2. The highest BCUT2D eigenvalue weighted by atomic mass is 79.9. The maximum absolute atomic E-state index is 12.4. The average Bonchev–Trinajstić information content (AvgIpc) is 2.98. The maximum Gasteiger partial charge on any atom is 0.343 e. The third-order valence-corrected chi connectivity index (χ3v) is 8.03. The SMILES string of the molecule is CCOC(=O)c1c(Cl)nc2ccc(Br)cc2c1Cl.CCOC(=O)c1c(NCc2ccccc2)nc2ccc(Br)cc2c1Cl. The van der Waals surface area contributed by atoms with E-state index in [9.17, 15) is 9.59 Å². The molecule has 5 aromatic rings. The summed E-state index contributed by atoms with van der Waals surface area (Å²) in [6.07, 6.45) is 0. The normalized spacial score (nSPS) is 10.7. The van der Waals surface area contributed by atoms with Gasteiger partial charge in [0, 0.05) is 26.3 Å². The molecule has 0 aliphatic carbocycles. The summed E-state index contributed by atoms with van der Waals surface area (Å²) in [5.41, 5.74) is 2.76. The molecule has 1 N–H and O–H groups in total. The molecule has 2 aromatic heterocycles. The summed E-state index contributed by atoms with van der Waals surface area (Å²) in [6.45, 7) is 4.52. The molecular weight excluding hydrogens is 745 g/mol. The Kier molecular flexibility index (Phi) is 11.6. The summed E-state index contributed by atoms with van der Waals surface area (Å²) in [5.74, 6) is -0.638. The standard InChI is InChI=1S/C19H16BrClN2O2.C12H8BrCl2NO2/c1-2-25-19(24)16-17(21)14-10-13(20)8-9-15(14)23-18(16)22-11-12-6-4-3-5-7-12;1-2-18-12(17)9-10(14)7-5-6(13)3-4-8(7)16-11(9)15/h3-10H,2,11H2,1H3,(H,22,23);3-5H,2H2,1H3. The molecule has 0 unspecified atom stereocenters. The second-order valence-electron chi connectivity index (χ2n) is 8.84. The minimum atomic E-state index is -0.568. The molecule has 0 aliphatic heterocycles. The fourth-order valence-corrected chi connectivity index (χ4v) is 5.71. The number of esters is 2. The molecule has 0 spiro atoms. The van der Waals surface area contributed by atoms with Crippen molar-refractivity contribution in [3.63, 3.8) is 0 Å². The van der Waals surface area contributed by atoms with Crippen LogP contribution in [0.1, 0.15) is 40.1 Å². The Balaban J connectivity index is 0.000000208. The molecule has 0 fully saturated rings. The molecule has 222 valence electrons. The molecule has 3 aromatic carbocycles. The van der Waals surface area contributed by atoms with Gasteiger partial charge in [0.2, 0.25) is 0 Å². The highest BCUT2D eigenvalue weighted by Crippen LogP contribution is 2.34. The summed E-state index contributed by atoms with van der Waals surface area (Å²) in [4.78, 5) is 32.9. The Hall–Kier alpha value is -2.95. The van der Waals surface area contributed by atoms with Crippen molar-refractivity contribution in [3.8, 4) is 0 Å². The monoisotopic (exact) mass is 765 g/mol. The highest BCUT2D eigenvalue weighted by molar-refractivity contribution is 9.10. The van der Waals surface area contributed by atoms with Gasteiger partial charge in [0.1, 0.15) is 22.1 Å². The number of aromatic nitrogens is 2. The molecule has 12 heteroatoms. The maximum atomic E-state index is 12.4. The van der Waals surface area contributed by atoms with Crippen molar-refractivity contribution >= 4 is 106 Å². The molecule has 0 saturated carbocycles. The summed E-state index contributed by atoms with van der Waals surface area (Å²) in [6, 6.07) is 20.8. The van der Waals surface area contributed by atoms with Crippen LogP contribution >= 0.6 is 66.7 Å². The van der Waals surface area contributed by atoms with Gasteiger partial charge in [0.25, 0.3) is 0 Å². The van der Waals surface area contributed by atoms with Gasteiger partial charge in [-0.05, 0) is 55.8 Å². The van der Waals surface area contributed by atoms with Gasteiger partial charge in [-0.25, -0.2) is 19.6 Å². The van der Waals surface area contributed by atoms with E-state index in [0.717, 1.165) is 14.5 Å². The van der Waals surface area contributed by atoms with E-state index < -0.39 is 11.9 Å². The van der Waals surface area contributed by atoms with E-state index in [1.165, 1.54) is 0 Å². The Morgan fingerprint density at radius 3 is 1.81 bits per heavy atom. The van der Waals surface area contributed by atoms with Gasteiger partial charge in [-0.1, -0.05) is 97.0 Å². The average molecular weight is 769 g/mol. The van der Waals surface area contributed by atoms with E-state index in [0.29, 0.717) is 39.2 Å². The first-order valence-electron chi connectivity index (χ1n) is 13.0. The first-order valence-corrected chi connectivity index (χ1v) is 15.7. The number of hydrogen-bond acceptors (Lipinski definition) is 7. The van der Waals surface area contributed by atoms with E-state index in [1.807, 2.05) is 54.6 Å². The predicted molar refractivity (Wildman–Crippen MR) is 180 cm³/mol. The molecule has 7 nitrogen and oxygen atoms in total. The van der Waals surface area contributed by atoms with Gasteiger partial charge in [0.05, 0.1) is 34.3 Å². The van der Waals surface area contributed by atoms with Gasteiger partial charge in [-0.3, -0.25) is 0 Å². The van der Waals surface area contributed by atoms with Crippen LogP contribution in [-0.4, -0.2) is 35.1 Å². The third-order valence-electron chi connectivity index (χ3n) is 5.98. The lowest BCUT2D eigenvalue weighted by Crippen LogP contribution is -2.12. The van der Waals surface area contributed by atoms with Crippen LogP contribution in [-0.2, 0) is 16.0 Å². The number of carbonyl (C=O) groups is 2. The molecule has 0 atom stereocenters. The molecule has 0 saturated heterocycles. The van der Waals surface area contributed by atoms with Crippen LogP contribution in [0.4, 0.5) is 5.82 Å². The number of rotatable bonds is 7. The number of pyridine rings is 2. The minimum Gasteiger partial charge on any atom is -0.462 e. The van der Waals surface area contributed by atoms with Crippen LogP contribution in [0.25, 0.3) is 21.8 Å². The minimum absolute atomic E-state index is 0.0493. The number of nitrogens with one attached hydrogen (secondary N) is 1. The van der Waals surface area contributed by atoms with E-state index >= 15 is 0 Å². The quantitative estimate of drug-likeness (QED) is 0.130. The van der Waals surface area contributed by atoms with Crippen molar-refractivity contribution in [2.24, 2.45) is 0 Å². The summed E-state index contributed by atoms with van der Waals surface area (Å²) >= 11 is 25.5. The smallest absolute Gasteiger partial charge is 0.343 e. The van der Waals surface area contributed by atoms with E-state index in [4.69, 9.17) is 44.3 Å². The lowest BCUT2D eigenvalue weighted by molar-refractivity contribution is 0.0517. The fraction of sp³-hybridized carbons (Fsp3) is 0.161. The molecule has 5 rings (SSSR count). The molecule has 2 heterocycles. The van der Waals surface area contributed by atoms with Crippen molar-refractivity contribution in [1.82, 2.24) is 9.97 Å². The molecule has 0 amide bonds. The molecular formula is C31H24Br2Cl3N3O4. The van der Waals surface area contributed by atoms with Crippen LogP contribution in [0, 0.1) is 0 Å². The Morgan fingerprint density at radius 1 is 0.744 bits per heavy atom. The van der Waals surface area contributed by atoms with E-state index in [2.05, 4.69) is 47.1 Å². The highest BCUT2D eigenvalue weighted by Gasteiger charge is 2.22. The van der Waals surface area contributed by atoms with Crippen LogP contribution < -0.4 is 5.32 Å². The number of halogens is 5. The number of fused-ring (bicyclic) bond motifs is 2. The zero-order valence-corrected chi connectivity index (χ0v) is 28.3. The summed E-state index contributed by atoms with van der Waals surface area (Å²) in [5, 5.41) is 5.20.